The first-order chi connectivity index (χ1) is 9.50. The molecule has 1 aromatic rings. The minimum atomic E-state index is -0.538. The van der Waals surface area contributed by atoms with E-state index in [2.05, 4.69) is 0 Å². The summed E-state index contributed by atoms with van der Waals surface area (Å²) in [5.41, 5.74) is 5.62. The van der Waals surface area contributed by atoms with Crippen molar-refractivity contribution >= 4 is 11.8 Å². The standard InChI is InChI=1S/C14H18FN3O2/c1-10(16)13(19)17-6-8-18(9-7-17)14(20)11-4-2-3-5-12(11)15/h2-5,10H,6-9,16H2,1H3/t10-/m0/s1. The second kappa shape index (κ2) is 6.00. The molecule has 2 N–H and O–H groups in total. The van der Waals surface area contributed by atoms with E-state index in [1.54, 1.807) is 28.9 Å². The second-order valence-electron chi connectivity index (χ2n) is 4.89. The maximum Gasteiger partial charge on any atom is 0.256 e. The van der Waals surface area contributed by atoms with Crippen LogP contribution in [0.2, 0.25) is 0 Å². The molecule has 1 aliphatic heterocycles. The Hall–Kier alpha value is -1.95. The number of benzene rings is 1. The molecule has 1 heterocycles. The van der Waals surface area contributed by atoms with Gasteiger partial charge in [-0.05, 0) is 19.1 Å². The number of nitrogens with two attached hydrogens (primary N) is 1. The van der Waals surface area contributed by atoms with Gasteiger partial charge in [0.2, 0.25) is 5.91 Å². The maximum atomic E-state index is 13.6. The van der Waals surface area contributed by atoms with E-state index in [-0.39, 0.29) is 17.4 Å². The molecule has 0 spiro atoms. The van der Waals surface area contributed by atoms with E-state index in [0.717, 1.165) is 0 Å². The van der Waals surface area contributed by atoms with Gasteiger partial charge in [0.1, 0.15) is 5.82 Å². The zero-order valence-electron chi connectivity index (χ0n) is 11.4. The Labute approximate surface area is 117 Å². The van der Waals surface area contributed by atoms with Gasteiger partial charge in [-0.25, -0.2) is 4.39 Å². The van der Waals surface area contributed by atoms with Crippen LogP contribution in [0.5, 0.6) is 0 Å². The Morgan fingerprint density at radius 3 is 2.25 bits per heavy atom. The number of rotatable bonds is 2. The highest BCUT2D eigenvalue weighted by Crippen LogP contribution is 2.12. The van der Waals surface area contributed by atoms with Gasteiger partial charge in [0.05, 0.1) is 11.6 Å². The van der Waals surface area contributed by atoms with Crippen molar-refractivity contribution in [2.24, 2.45) is 5.73 Å². The molecule has 108 valence electrons. The SMILES string of the molecule is C[C@H](N)C(=O)N1CCN(C(=O)c2ccccc2F)CC1. The molecule has 1 atom stereocenters. The molecule has 1 aliphatic rings. The van der Waals surface area contributed by atoms with Crippen LogP contribution in [0.25, 0.3) is 0 Å². The van der Waals surface area contributed by atoms with Gasteiger partial charge in [0.15, 0.2) is 0 Å². The number of nitrogens with zero attached hydrogens (tertiary/aromatic N) is 2. The molecule has 0 saturated carbocycles. The molecule has 1 aromatic carbocycles. The van der Waals surface area contributed by atoms with Crippen molar-refractivity contribution in [2.75, 3.05) is 26.2 Å². The van der Waals surface area contributed by atoms with Crippen molar-refractivity contribution in [1.82, 2.24) is 9.80 Å². The van der Waals surface area contributed by atoms with Gasteiger partial charge in [-0.1, -0.05) is 12.1 Å². The van der Waals surface area contributed by atoms with E-state index >= 15 is 0 Å². The Balaban J connectivity index is 1.99. The molecule has 1 fully saturated rings. The lowest BCUT2D eigenvalue weighted by molar-refractivity contribution is -0.133. The van der Waals surface area contributed by atoms with Crippen molar-refractivity contribution in [2.45, 2.75) is 13.0 Å². The van der Waals surface area contributed by atoms with Gasteiger partial charge in [-0.15, -0.1) is 0 Å². The average molecular weight is 279 g/mol. The predicted molar refractivity (Wildman–Crippen MR) is 72.5 cm³/mol. The van der Waals surface area contributed by atoms with Crippen LogP contribution in [-0.4, -0.2) is 53.8 Å². The molecule has 0 unspecified atom stereocenters. The Bertz CT molecular complexity index is 511. The molecule has 5 nitrogen and oxygen atoms in total. The normalized spacial score (nSPS) is 16.9. The van der Waals surface area contributed by atoms with E-state index in [4.69, 9.17) is 5.73 Å². The zero-order valence-corrected chi connectivity index (χ0v) is 11.4. The van der Waals surface area contributed by atoms with E-state index in [0.29, 0.717) is 26.2 Å². The first kappa shape index (κ1) is 14.5. The molecular weight excluding hydrogens is 261 g/mol. The van der Waals surface area contributed by atoms with Gasteiger partial charge in [0, 0.05) is 26.2 Å². The molecule has 20 heavy (non-hydrogen) atoms. The zero-order chi connectivity index (χ0) is 14.7. The number of hydrogen-bond donors (Lipinski definition) is 1. The number of amides is 2. The van der Waals surface area contributed by atoms with Crippen LogP contribution in [0.1, 0.15) is 17.3 Å². The molecule has 0 aliphatic carbocycles. The highest BCUT2D eigenvalue weighted by molar-refractivity contribution is 5.94. The van der Waals surface area contributed by atoms with E-state index in [1.807, 2.05) is 0 Å². The number of hydrogen-bond acceptors (Lipinski definition) is 3. The van der Waals surface area contributed by atoms with Gasteiger partial charge in [-0.3, -0.25) is 9.59 Å². The van der Waals surface area contributed by atoms with Crippen LogP contribution in [0.3, 0.4) is 0 Å². The van der Waals surface area contributed by atoms with Crippen LogP contribution in [0.4, 0.5) is 4.39 Å². The van der Waals surface area contributed by atoms with Gasteiger partial charge in [-0.2, -0.15) is 0 Å². The first-order valence-electron chi connectivity index (χ1n) is 6.59. The van der Waals surface area contributed by atoms with Gasteiger partial charge < -0.3 is 15.5 Å². The molecule has 1 saturated heterocycles. The summed E-state index contributed by atoms with van der Waals surface area (Å²) in [6, 6.07) is 5.38. The number of piperazine rings is 1. The monoisotopic (exact) mass is 279 g/mol. The highest BCUT2D eigenvalue weighted by atomic mass is 19.1. The lowest BCUT2D eigenvalue weighted by Crippen LogP contribution is -2.53. The molecule has 2 rings (SSSR count). The average Bonchev–Trinajstić information content (AvgIpc) is 2.46. The van der Waals surface area contributed by atoms with Crippen molar-refractivity contribution in [3.63, 3.8) is 0 Å². The topological polar surface area (TPSA) is 66.6 Å². The molecule has 0 aromatic heterocycles. The smallest absolute Gasteiger partial charge is 0.256 e. The molecule has 0 radical (unpaired) electrons. The summed E-state index contributed by atoms with van der Waals surface area (Å²) in [4.78, 5) is 27.1. The van der Waals surface area contributed by atoms with Crippen LogP contribution >= 0.6 is 0 Å². The summed E-state index contributed by atoms with van der Waals surface area (Å²) >= 11 is 0. The maximum absolute atomic E-state index is 13.6. The van der Waals surface area contributed by atoms with Crippen LogP contribution in [0, 0.1) is 5.82 Å². The number of halogens is 1. The lowest BCUT2D eigenvalue weighted by atomic mass is 10.1. The Morgan fingerprint density at radius 2 is 1.70 bits per heavy atom. The first-order valence-corrected chi connectivity index (χ1v) is 6.59. The van der Waals surface area contributed by atoms with E-state index in [1.165, 1.54) is 12.1 Å². The Morgan fingerprint density at radius 1 is 1.15 bits per heavy atom. The fraction of sp³-hybridized carbons (Fsp3) is 0.429. The summed E-state index contributed by atoms with van der Waals surface area (Å²) in [5, 5.41) is 0. The summed E-state index contributed by atoms with van der Waals surface area (Å²) in [6.07, 6.45) is 0. The van der Waals surface area contributed by atoms with Crippen LogP contribution < -0.4 is 5.73 Å². The van der Waals surface area contributed by atoms with Crippen molar-refractivity contribution in [3.8, 4) is 0 Å². The molecule has 0 bridgehead atoms. The lowest BCUT2D eigenvalue weighted by Gasteiger charge is -2.35. The summed E-state index contributed by atoms with van der Waals surface area (Å²) in [6.45, 7) is 3.29. The van der Waals surface area contributed by atoms with E-state index in [9.17, 15) is 14.0 Å². The third-order valence-corrected chi connectivity index (χ3v) is 3.37. The largest absolute Gasteiger partial charge is 0.338 e. The van der Waals surface area contributed by atoms with E-state index < -0.39 is 11.9 Å². The fourth-order valence-electron chi connectivity index (χ4n) is 2.22. The van der Waals surface area contributed by atoms with Crippen LogP contribution in [-0.2, 0) is 4.79 Å². The fourth-order valence-corrected chi connectivity index (χ4v) is 2.22. The number of carbonyl (C=O) groups excluding carboxylic acids is 2. The van der Waals surface area contributed by atoms with Crippen molar-refractivity contribution in [1.29, 1.82) is 0 Å². The third-order valence-electron chi connectivity index (χ3n) is 3.37. The highest BCUT2D eigenvalue weighted by Gasteiger charge is 2.27. The van der Waals surface area contributed by atoms with Crippen LogP contribution in [0.15, 0.2) is 24.3 Å². The summed E-state index contributed by atoms with van der Waals surface area (Å²) in [7, 11) is 0. The second-order valence-corrected chi connectivity index (χ2v) is 4.89. The molecular formula is C14H18FN3O2. The summed E-state index contributed by atoms with van der Waals surface area (Å²) < 4.78 is 13.6. The minimum absolute atomic E-state index is 0.0690. The molecule has 2 amide bonds. The number of carbonyl (C=O) groups is 2. The summed E-state index contributed by atoms with van der Waals surface area (Å²) in [5.74, 6) is -0.981. The molecule has 6 heteroatoms. The predicted octanol–water partition coefficient (Wildman–Crippen LogP) is 0.457. The van der Waals surface area contributed by atoms with Crippen molar-refractivity contribution in [3.05, 3.63) is 35.6 Å². The Kier molecular flexibility index (Phi) is 4.34. The quantitative estimate of drug-likeness (QED) is 0.855. The van der Waals surface area contributed by atoms with Gasteiger partial charge >= 0.3 is 0 Å². The van der Waals surface area contributed by atoms with Crippen molar-refractivity contribution < 1.29 is 14.0 Å². The minimum Gasteiger partial charge on any atom is -0.338 e. The van der Waals surface area contributed by atoms with Gasteiger partial charge in [0.25, 0.3) is 5.91 Å². The third kappa shape index (κ3) is 2.96.